The minimum atomic E-state index is -0.712. The summed E-state index contributed by atoms with van der Waals surface area (Å²) in [7, 11) is 0. The zero-order valence-electron chi connectivity index (χ0n) is 11.0. The van der Waals surface area contributed by atoms with Gasteiger partial charge in [0.2, 0.25) is 0 Å². The van der Waals surface area contributed by atoms with Gasteiger partial charge in [-0.3, -0.25) is 0 Å². The molecule has 0 aromatic heterocycles. The van der Waals surface area contributed by atoms with Crippen LogP contribution in [0.1, 0.15) is 38.5 Å². The molecule has 18 heavy (non-hydrogen) atoms. The maximum Gasteiger partial charge on any atom is 0.134 e. The second kappa shape index (κ2) is 13.4. The Balaban J connectivity index is 3.67. The highest BCUT2D eigenvalue weighted by Crippen LogP contribution is 2.04. The molecular formula is C17H22O. The highest BCUT2D eigenvalue weighted by molar-refractivity contribution is 5.29. The summed E-state index contributed by atoms with van der Waals surface area (Å²) in [6, 6.07) is 0. The van der Waals surface area contributed by atoms with E-state index in [2.05, 4.69) is 36.8 Å². The number of unbranched alkanes of at least 4 members (excludes halogenated alkanes) is 4. The van der Waals surface area contributed by atoms with Gasteiger partial charge in [0, 0.05) is 6.42 Å². The van der Waals surface area contributed by atoms with E-state index in [4.69, 9.17) is 0 Å². The molecule has 0 aliphatic rings. The predicted octanol–water partition coefficient (Wildman–Crippen LogP) is 3.62. The van der Waals surface area contributed by atoms with Gasteiger partial charge < -0.3 is 5.11 Å². The van der Waals surface area contributed by atoms with E-state index in [1.165, 1.54) is 12.8 Å². The predicted molar refractivity (Wildman–Crippen MR) is 78.8 cm³/mol. The van der Waals surface area contributed by atoms with E-state index in [1.807, 2.05) is 12.2 Å². The third kappa shape index (κ3) is 12.4. The van der Waals surface area contributed by atoms with E-state index in [0.717, 1.165) is 19.3 Å². The lowest BCUT2D eigenvalue weighted by atomic mass is 10.1. The zero-order valence-corrected chi connectivity index (χ0v) is 11.0. The molecule has 0 radical (unpaired) electrons. The van der Waals surface area contributed by atoms with Crippen molar-refractivity contribution < 1.29 is 5.11 Å². The number of hydrogen-bond acceptors (Lipinski definition) is 1. The molecule has 1 heteroatoms. The van der Waals surface area contributed by atoms with E-state index < -0.39 is 6.10 Å². The molecule has 0 aliphatic heterocycles. The van der Waals surface area contributed by atoms with Crippen LogP contribution < -0.4 is 0 Å². The quantitative estimate of drug-likeness (QED) is 0.391. The van der Waals surface area contributed by atoms with Crippen molar-refractivity contribution in [1.29, 1.82) is 0 Å². The summed E-state index contributed by atoms with van der Waals surface area (Å²) in [4.78, 5) is 0. The molecule has 0 spiro atoms. The summed E-state index contributed by atoms with van der Waals surface area (Å²) < 4.78 is 0. The van der Waals surface area contributed by atoms with E-state index in [0.29, 0.717) is 6.42 Å². The molecule has 1 atom stereocenters. The fourth-order valence-electron chi connectivity index (χ4n) is 1.28. The fourth-order valence-corrected chi connectivity index (χ4v) is 1.28. The van der Waals surface area contributed by atoms with Crippen LogP contribution in [0.5, 0.6) is 0 Å². The Kier molecular flexibility index (Phi) is 12.1. The van der Waals surface area contributed by atoms with Crippen molar-refractivity contribution in [2.24, 2.45) is 0 Å². The third-order valence-electron chi connectivity index (χ3n) is 2.21. The lowest BCUT2D eigenvalue weighted by Crippen LogP contribution is -1.96. The van der Waals surface area contributed by atoms with Crippen molar-refractivity contribution in [3.8, 4) is 23.7 Å². The van der Waals surface area contributed by atoms with Gasteiger partial charge in [0.25, 0.3) is 0 Å². The van der Waals surface area contributed by atoms with Crippen LogP contribution in [0.25, 0.3) is 0 Å². The van der Waals surface area contributed by atoms with Crippen molar-refractivity contribution >= 4 is 0 Å². The normalized spacial score (nSPS) is 10.9. The summed E-state index contributed by atoms with van der Waals surface area (Å²) in [5.74, 6) is 10.7. The second-order valence-electron chi connectivity index (χ2n) is 3.86. The molecule has 0 aliphatic carbocycles. The van der Waals surface area contributed by atoms with Crippen molar-refractivity contribution in [2.75, 3.05) is 0 Å². The highest BCUT2D eigenvalue weighted by atomic mass is 16.3. The van der Waals surface area contributed by atoms with Crippen LogP contribution >= 0.6 is 0 Å². The van der Waals surface area contributed by atoms with Gasteiger partial charge in [-0.1, -0.05) is 36.5 Å². The van der Waals surface area contributed by atoms with Gasteiger partial charge in [0.15, 0.2) is 0 Å². The molecule has 0 rings (SSSR count). The van der Waals surface area contributed by atoms with Gasteiger partial charge in [0.05, 0.1) is 0 Å². The summed E-state index contributed by atoms with van der Waals surface area (Å²) in [6.45, 7) is 7.24. The topological polar surface area (TPSA) is 20.2 Å². The molecule has 1 N–H and O–H groups in total. The van der Waals surface area contributed by atoms with Crippen LogP contribution in [0.15, 0.2) is 37.5 Å². The zero-order chi connectivity index (χ0) is 13.5. The Hall–Kier alpha value is -1.70. The standard InChI is InChI=1S/C17H22O/c1-3-5-7-9-10-12-14-16-17(18)15-13-11-8-6-4-2/h3-4,14,16-18H,1-2,5-7,9-10,12H2. The molecule has 0 heterocycles. The summed E-state index contributed by atoms with van der Waals surface area (Å²) in [5, 5.41) is 9.48. The Morgan fingerprint density at radius 2 is 1.78 bits per heavy atom. The van der Waals surface area contributed by atoms with Gasteiger partial charge in [-0.15, -0.1) is 13.2 Å². The summed E-state index contributed by atoms with van der Waals surface area (Å²) in [6.07, 6.45) is 12.9. The molecule has 0 bridgehead atoms. The molecule has 0 aromatic rings. The largest absolute Gasteiger partial charge is 0.377 e. The summed E-state index contributed by atoms with van der Waals surface area (Å²) in [5.41, 5.74) is 0. The Labute approximate surface area is 111 Å². The van der Waals surface area contributed by atoms with Crippen LogP contribution in [-0.2, 0) is 0 Å². The van der Waals surface area contributed by atoms with Gasteiger partial charge in [-0.2, -0.15) is 0 Å². The minimum absolute atomic E-state index is 0.630. The molecule has 1 nitrogen and oxygen atoms in total. The smallest absolute Gasteiger partial charge is 0.134 e. The van der Waals surface area contributed by atoms with Crippen LogP contribution in [0.3, 0.4) is 0 Å². The van der Waals surface area contributed by atoms with Gasteiger partial charge in [0.1, 0.15) is 6.10 Å². The van der Waals surface area contributed by atoms with Crippen molar-refractivity contribution in [3.63, 3.8) is 0 Å². The maximum absolute atomic E-state index is 9.48. The first kappa shape index (κ1) is 16.3. The van der Waals surface area contributed by atoms with Crippen molar-refractivity contribution in [1.82, 2.24) is 0 Å². The van der Waals surface area contributed by atoms with Crippen molar-refractivity contribution in [2.45, 2.75) is 44.6 Å². The Morgan fingerprint density at radius 1 is 1.00 bits per heavy atom. The number of aliphatic hydroxyl groups is 1. The summed E-state index contributed by atoms with van der Waals surface area (Å²) >= 11 is 0. The van der Waals surface area contributed by atoms with Gasteiger partial charge >= 0.3 is 0 Å². The number of allylic oxidation sites excluding steroid dienone is 3. The average molecular weight is 242 g/mol. The van der Waals surface area contributed by atoms with Crippen LogP contribution in [-0.4, -0.2) is 11.2 Å². The molecule has 0 saturated carbocycles. The van der Waals surface area contributed by atoms with E-state index >= 15 is 0 Å². The Morgan fingerprint density at radius 3 is 2.50 bits per heavy atom. The molecule has 0 saturated heterocycles. The molecule has 0 amide bonds. The van der Waals surface area contributed by atoms with E-state index in [9.17, 15) is 5.11 Å². The second-order valence-corrected chi connectivity index (χ2v) is 3.86. The highest BCUT2D eigenvalue weighted by Gasteiger charge is 1.90. The molecule has 1 unspecified atom stereocenters. The van der Waals surface area contributed by atoms with Crippen LogP contribution in [0.4, 0.5) is 0 Å². The monoisotopic (exact) mass is 242 g/mol. The van der Waals surface area contributed by atoms with Crippen LogP contribution in [0.2, 0.25) is 0 Å². The number of aliphatic hydroxyl groups excluding tert-OH is 1. The molecule has 96 valence electrons. The lowest BCUT2D eigenvalue weighted by Gasteiger charge is -1.95. The lowest BCUT2D eigenvalue weighted by molar-refractivity contribution is 0.280. The third-order valence-corrected chi connectivity index (χ3v) is 2.21. The first-order valence-corrected chi connectivity index (χ1v) is 6.36. The van der Waals surface area contributed by atoms with Gasteiger partial charge in [-0.05, 0) is 43.6 Å². The SMILES string of the molecule is C=CCC#CC#CC(O)C=CCCCCCC=C. The molecule has 0 aromatic carbocycles. The average Bonchev–Trinajstić information content (AvgIpc) is 2.37. The van der Waals surface area contributed by atoms with Gasteiger partial charge in [-0.25, -0.2) is 0 Å². The fraction of sp³-hybridized carbons (Fsp3) is 0.412. The maximum atomic E-state index is 9.48. The number of hydrogen-bond donors (Lipinski definition) is 1. The first-order chi connectivity index (χ1) is 8.81. The van der Waals surface area contributed by atoms with E-state index in [1.54, 1.807) is 12.2 Å². The first-order valence-electron chi connectivity index (χ1n) is 6.36. The molecule has 0 fully saturated rings. The van der Waals surface area contributed by atoms with E-state index in [-0.39, 0.29) is 0 Å². The van der Waals surface area contributed by atoms with Crippen LogP contribution in [0, 0.1) is 23.7 Å². The minimum Gasteiger partial charge on any atom is -0.377 e. The molecular weight excluding hydrogens is 220 g/mol. The Bertz CT molecular complexity index is 368. The number of rotatable bonds is 8. The van der Waals surface area contributed by atoms with Crippen molar-refractivity contribution in [3.05, 3.63) is 37.5 Å².